The number of aromatic nitrogens is 4. The summed E-state index contributed by atoms with van der Waals surface area (Å²) in [6, 6.07) is 10.9. The van der Waals surface area contributed by atoms with Crippen molar-refractivity contribution in [3.63, 3.8) is 0 Å². The maximum atomic E-state index is 14.7. The van der Waals surface area contributed by atoms with Crippen LogP contribution < -0.4 is 4.90 Å². The normalized spacial score (nSPS) is 14.6. The molecule has 8 heteroatoms. The van der Waals surface area contributed by atoms with Gasteiger partial charge >= 0.3 is 0 Å². The first kappa shape index (κ1) is 18.5. The summed E-state index contributed by atoms with van der Waals surface area (Å²) in [6.45, 7) is 4.41. The highest BCUT2D eigenvalue weighted by atomic mass is 19.1. The van der Waals surface area contributed by atoms with Crippen LogP contribution in [0.15, 0.2) is 48.8 Å². The van der Waals surface area contributed by atoms with Crippen molar-refractivity contribution >= 4 is 28.3 Å². The zero-order valence-electron chi connectivity index (χ0n) is 16.6. The van der Waals surface area contributed by atoms with Crippen LogP contribution in [0.4, 0.5) is 10.2 Å². The molecule has 1 aliphatic rings. The van der Waals surface area contributed by atoms with Crippen molar-refractivity contribution in [2.75, 3.05) is 31.1 Å². The van der Waals surface area contributed by atoms with Gasteiger partial charge in [0.2, 0.25) is 5.91 Å². The smallest absolute Gasteiger partial charge is 0.219 e. The van der Waals surface area contributed by atoms with E-state index in [1.165, 1.54) is 6.07 Å². The van der Waals surface area contributed by atoms with Crippen molar-refractivity contribution in [3.05, 3.63) is 65.9 Å². The summed E-state index contributed by atoms with van der Waals surface area (Å²) in [6.07, 6.45) is 3.76. The number of hydrogen-bond donors (Lipinski definition) is 0. The van der Waals surface area contributed by atoms with Gasteiger partial charge in [-0.1, -0.05) is 6.07 Å². The molecular formula is C22H21FN6O. The van der Waals surface area contributed by atoms with E-state index in [2.05, 4.69) is 14.9 Å². The Bertz CT molecular complexity index is 1250. The van der Waals surface area contributed by atoms with Gasteiger partial charge in [-0.15, -0.1) is 5.10 Å². The molecule has 3 aromatic heterocycles. The van der Waals surface area contributed by atoms with E-state index in [4.69, 9.17) is 5.10 Å². The van der Waals surface area contributed by atoms with Crippen molar-refractivity contribution in [1.29, 1.82) is 0 Å². The van der Waals surface area contributed by atoms with Gasteiger partial charge in [0.05, 0.1) is 17.4 Å². The number of rotatable bonds is 3. The number of nitrogens with zero attached hydrogens (tertiary/aromatic N) is 6. The van der Waals surface area contributed by atoms with Gasteiger partial charge in [-0.2, -0.15) is 0 Å². The molecule has 0 radical (unpaired) electrons. The molecule has 0 N–H and O–H groups in total. The second-order valence-corrected chi connectivity index (χ2v) is 7.48. The van der Waals surface area contributed by atoms with Gasteiger partial charge in [-0.25, -0.2) is 13.9 Å². The standard InChI is InChI=1S/C22H21FN6O/c1-15(30)27-9-11-28(12-10-27)21-7-6-20-25-14-17(29(20)26-21)13-18-19(23)5-4-16-3-2-8-24-22(16)18/h2-8,14H,9-13H2,1H3. The Kier molecular flexibility index (Phi) is 4.54. The van der Waals surface area contributed by atoms with Crippen molar-refractivity contribution < 1.29 is 9.18 Å². The van der Waals surface area contributed by atoms with Gasteiger partial charge in [0.15, 0.2) is 5.65 Å². The van der Waals surface area contributed by atoms with E-state index in [0.29, 0.717) is 36.2 Å². The van der Waals surface area contributed by atoms with Crippen LogP contribution in [-0.2, 0) is 11.2 Å². The Balaban J connectivity index is 1.48. The Morgan fingerprint density at radius 1 is 1.07 bits per heavy atom. The third kappa shape index (κ3) is 3.24. The van der Waals surface area contributed by atoms with E-state index in [0.717, 1.165) is 30.0 Å². The number of hydrogen-bond acceptors (Lipinski definition) is 5. The first-order valence-corrected chi connectivity index (χ1v) is 9.96. The van der Waals surface area contributed by atoms with Gasteiger partial charge in [0.25, 0.3) is 0 Å². The van der Waals surface area contributed by atoms with Crippen LogP contribution in [0.25, 0.3) is 16.6 Å². The average molecular weight is 404 g/mol. The van der Waals surface area contributed by atoms with Crippen LogP contribution in [0.2, 0.25) is 0 Å². The Morgan fingerprint density at radius 3 is 2.70 bits per heavy atom. The van der Waals surface area contributed by atoms with Crippen molar-refractivity contribution in [2.45, 2.75) is 13.3 Å². The van der Waals surface area contributed by atoms with Gasteiger partial charge in [0, 0.05) is 56.7 Å². The van der Waals surface area contributed by atoms with E-state index in [1.54, 1.807) is 29.9 Å². The fourth-order valence-corrected chi connectivity index (χ4v) is 3.98. The van der Waals surface area contributed by atoms with Crippen LogP contribution >= 0.6 is 0 Å². The summed E-state index contributed by atoms with van der Waals surface area (Å²) >= 11 is 0. The predicted molar refractivity (Wildman–Crippen MR) is 112 cm³/mol. The highest BCUT2D eigenvalue weighted by molar-refractivity contribution is 5.82. The lowest BCUT2D eigenvalue weighted by Gasteiger charge is -2.34. The molecule has 0 aliphatic carbocycles. The molecule has 4 aromatic rings. The number of pyridine rings is 1. The summed E-state index contributed by atoms with van der Waals surface area (Å²) in [5, 5.41) is 5.67. The summed E-state index contributed by atoms with van der Waals surface area (Å²) in [5.74, 6) is 0.634. The minimum Gasteiger partial charge on any atom is -0.352 e. The third-order valence-corrected chi connectivity index (χ3v) is 5.65. The molecule has 5 rings (SSSR count). The lowest BCUT2D eigenvalue weighted by molar-refractivity contribution is -0.129. The number of benzene rings is 1. The largest absolute Gasteiger partial charge is 0.352 e. The molecule has 1 fully saturated rings. The van der Waals surface area contributed by atoms with E-state index >= 15 is 0 Å². The van der Waals surface area contributed by atoms with Crippen LogP contribution in [0.3, 0.4) is 0 Å². The summed E-state index contributed by atoms with van der Waals surface area (Å²) in [4.78, 5) is 24.4. The maximum Gasteiger partial charge on any atom is 0.219 e. The van der Waals surface area contributed by atoms with E-state index in [9.17, 15) is 9.18 Å². The van der Waals surface area contributed by atoms with E-state index in [-0.39, 0.29) is 11.7 Å². The average Bonchev–Trinajstić information content (AvgIpc) is 3.18. The van der Waals surface area contributed by atoms with Crippen molar-refractivity contribution in [2.24, 2.45) is 0 Å². The third-order valence-electron chi connectivity index (χ3n) is 5.65. The van der Waals surface area contributed by atoms with Gasteiger partial charge in [-0.3, -0.25) is 9.78 Å². The Morgan fingerprint density at radius 2 is 1.90 bits per heavy atom. The maximum absolute atomic E-state index is 14.7. The molecule has 7 nitrogen and oxygen atoms in total. The monoisotopic (exact) mass is 404 g/mol. The molecule has 0 bridgehead atoms. The SMILES string of the molecule is CC(=O)N1CCN(c2ccc3ncc(Cc4c(F)ccc5cccnc45)n3n2)CC1. The molecule has 152 valence electrons. The zero-order valence-corrected chi connectivity index (χ0v) is 16.6. The number of amides is 1. The van der Waals surface area contributed by atoms with Crippen LogP contribution in [0, 0.1) is 5.82 Å². The number of fused-ring (bicyclic) bond motifs is 2. The lowest BCUT2D eigenvalue weighted by atomic mass is 10.0. The number of halogens is 1. The molecule has 0 unspecified atom stereocenters. The first-order valence-electron chi connectivity index (χ1n) is 9.96. The number of anilines is 1. The second-order valence-electron chi connectivity index (χ2n) is 7.48. The summed E-state index contributed by atoms with van der Waals surface area (Å²) in [5.41, 5.74) is 2.71. The number of imidazole rings is 1. The molecule has 1 aromatic carbocycles. The molecular weight excluding hydrogens is 383 g/mol. The first-order chi connectivity index (χ1) is 14.6. The number of carbonyl (C=O) groups excluding carboxylic acids is 1. The van der Waals surface area contributed by atoms with Gasteiger partial charge < -0.3 is 9.80 Å². The Hall–Kier alpha value is -3.55. The Labute approximate surface area is 172 Å². The van der Waals surface area contributed by atoms with Crippen LogP contribution in [0.5, 0.6) is 0 Å². The number of piperazine rings is 1. The van der Waals surface area contributed by atoms with Crippen LogP contribution in [-0.4, -0.2) is 56.6 Å². The molecule has 0 atom stereocenters. The molecule has 4 heterocycles. The summed E-state index contributed by atoms with van der Waals surface area (Å²) < 4.78 is 16.4. The summed E-state index contributed by atoms with van der Waals surface area (Å²) in [7, 11) is 0. The van der Waals surface area contributed by atoms with E-state index < -0.39 is 0 Å². The fourth-order valence-electron chi connectivity index (χ4n) is 3.98. The minimum atomic E-state index is -0.285. The predicted octanol–water partition coefficient (Wildman–Crippen LogP) is 2.68. The van der Waals surface area contributed by atoms with Crippen molar-refractivity contribution in [3.8, 4) is 0 Å². The second kappa shape index (κ2) is 7.37. The molecule has 1 amide bonds. The minimum absolute atomic E-state index is 0.0979. The number of carbonyl (C=O) groups is 1. The highest BCUT2D eigenvalue weighted by Gasteiger charge is 2.20. The fraction of sp³-hybridized carbons (Fsp3) is 0.273. The van der Waals surface area contributed by atoms with Gasteiger partial charge in [0.1, 0.15) is 11.6 Å². The molecule has 1 saturated heterocycles. The van der Waals surface area contributed by atoms with Crippen LogP contribution in [0.1, 0.15) is 18.2 Å². The van der Waals surface area contributed by atoms with Gasteiger partial charge in [-0.05, 0) is 30.3 Å². The topological polar surface area (TPSA) is 66.6 Å². The molecule has 30 heavy (non-hydrogen) atoms. The molecule has 0 spiro atoms. The molecule has 0 saturated carbocycles. The van der Waals surface area contributed by atoms with Crippen molar-refractivity contribution in [1.82, 2.24) is 24.5 Å². The lowest BCUT2D eigenvalue weighted by Crippen LogP contribution is -2.48. The van der Waals surface area contributed by atoms with E-state index in [1.807, 2.05) is 29.2 Å². The zero-order chi connectivity index (χ0) is 20.7. The molecule has 1 aliphatic heterocycles. The quantitative estimate of drug-likeness (QED) is 0.525. The highest BCUT2D eigenvalue weighted by Crippen LogP contribution is 2.23.